The third-order valence-corrected chi connectivity index (χ3v) is 4.93. The number of nitrogens with one attached hydrogen (secondary N) is 1. The maximum absolute atomic E-state index is 13.3. The van der Waals surface area contributed by atoms with Crippen LogP contribution in [0.1, 0.15) is 19.8 Å². The monoisotopic (exact) mass is 443 g/mol. The Bertz CT molecular complexity index is 949. The number of ether oxygens (including phenoxy) is 2. The van der Waals surface area contributed by atoms with Crippen molar-refractivity contribution in [2.75, 3.05) is 37.1 Å². The van der Waals surface area contributed by atoms with Crippen molar-refractivity contribution >= 4 is 29.2 Å². The number of rotatable bonds is 10. The van der Waals surface area contributed by atoms with Crippen molar-refractivity contribution in [1.29, 1.82) is 0 Å². The molecule has 0 aromatic heterocycles. The van der Waals surface area contributed by atoms with Gasteiger partial charge in [-0.3, -0.25) is 9.59 Å². The first kappa shape index (κ1) is 23.2. The molecule has 2 aromatic rings. The number of imide groups is 1. The fourth-order valence-corrected chi connectivity index (χ4v) is 3.35. The number of hydrogen-bond donors (Lipinski definition) is 1. The Morgan fingerprint density at radius 3 is 2.38 bits per heavy atom. The van der Waals surface area contributed by atoms with Gasteiger partial charge in [0, 0.05) is 19.3 Å². The lowest BCUT2D eigenvalue weighted by Gasteiger charge is -2.21. The van der Waals surface area contributed by atoms with E-state index in [4.69, 9.17) is 9.47 Å². The first-order chi connectivity index (χ1) is 15.4. The second-order valence-corrected chi connectivity index (χ2v) is 7.26. The zero-order valence-electron chi connectivity index (χ0n) is 18.0. The molecule has 170 valence electrons. The van der Waals surface area contributed by atoms with Crippen LogP contribution in [0.4, 0.5) is 20.6 Å². The maximum atomic E-state index is 13.3. The number of halogens is 1. The lowest BCUT2D eigenvalue weighted by Crippen LogP contribution is -2.39. The molecule has 0 saturated carbocycles. The van der Waals surface area contributed by atoms with Crippen molar-refractivity contribution in [3.63, 3.8) is 0 Å². The highest BCUT2D eigenvalue weighted by atomic mass is 19.1. The molecule has 1 aliphatic heterocycles. The molecule has 9 heteroatoms. The summed E-state index contributed by atoms with van der Waals surface area (Å²) in [5.74, 6) is -0.744. The summed E-state index contributed by atoms with van der Waals surface area (Å²) in [6, 6.07) is 10.4. The van der Waals surface area contributed by atoms with E-state index in [1.165, 1.54) is 36.3 Å². The molecular formula is C23H26FN3O5. The lowest BCUT2D eigenvalue weighted by molar-refractivity contribution is -0.124. The molecule has 0 radical (unpaired) electrons. The minimum Gasteiger partial charge on any atom is -0.494 e. The SMILES string of the molecule is CCCOc1ccc(NC(=O)CC2C(=O)N(c3ccc(F)cc3)C(=O)N2CCOC)cc1. The zero-order chi connectivity index (χ0) is 23.1. The zero-order valence-corrected chi connectivity index (χ0v) is 18.0. The Balaban J connectivity index is 1.72. The van der Waals surface area contributed by atoms with Crippen molar-refractivity contribution < 1.29 is 28.2 Å². The fraction of sp³-hybridized carbons (Fsp3) is 0.348. The van der Waals surface area contributed by atoms with Gasteiger partial charge < -0.3 is 19.7 Å². The van der Waals surface area contributed by atoms with Gasteiger partial charge in [-0.2, -0.15) is 0 Å². The van der Waals surface area contributed by atoms with Crippen LogP contribution in [-0.2, 0) is 14.3 Å². The summed E-state index contributed by atoms with van der Waals surface area (Å²) in [5.41, 5.74) is 0.795. The average Bonchev–Trinajstić information content (AvgIpc) is 3.01. The van der Waals surface area contributed by atoms with Crippen LogP contribution in [0.15, 0.2) is 48.5 Å². The second-order valence-electron chi connectivity index (χ2n) is 7.26. The summed E-state index contributed by atoms with van der Waals surface area (Å²) in [5, 5.41) is 2.74. The van der Waals surface area contributed by atoms with Gasteiger partial charge in [-0.05, 0) is 55.0 Å². The number of urea groups is 1. The molecule has 32 heavy (non-hydrogen) atoms. The van der Waals surface area contributed by atoms with Crippen LogP contribution in [0, 0.1) is 5.82 Å². The van der Waals surface area contributed by atoms with Gasteiger partial charge in [0.05, 0.1) is 25.3 Å². The highest BCUT2D eigenvalue weighted by molar-refractivity contribution is 6.22. The summed E-state index contributed by atoms with van der Waals surface area (Å²) < 4.78 is 23.8. The van der Waals surface area contributed by atoms with Gasteiger partial charge in [-0.1, -0.05) is 6.92 Å². The van der Waals surface area contributed by atoms with Gasteiger partial charge in [0.15, 0.2) is 0 Å². The summed E-state index contributed by atoms with van der Waals surface area (Å²) in [4.78, 5) is 40.9. The van der Waals surface area contributed by atoms with E-state index in [0.717, 1.165) is 11.3 Å². The molecule has 1 saturated heterocycles. The Hall–Kier alpha value is -3.46. The summed E-state index contributed by atoms with van der Waals surface area (Å²) in [6.07, 6.45) is 0.668. The molecule has 0 bridgehead atoms. The van der Waals surface area contributed by atoms with Crippen LogP contribution in [0.3, 0.4) is 0 Å². The van der Waals surface area contributed by atoms with Crippen LogP contribution in [0.2, 0.25) is 0 Å². The largest absolute Gasteiger partial charge is 0.494 e. The van der Waals surface area contributed by atoms with Crippen molar-refractivity contribution in [3.05, 3.63) is 54.3 Å². The molecule has 2 aromatic carbocycles. The normalized spacial score (nSPS) is 15.9. The van der Waals surface area contributed by atoms with Crippen molar-refractivity contribution in [1.82, 2.24) is 4.90 Å². The maximum Gasteiger partial charge on any atom is 0.332 e. The van der Waals surface area contributed by atoms with E-state index >= 15 is 0 Å². The van der Waals surface area contributed by atoms with Crippen molar-refractivity contribution in [2.24, 2.45) is 0 Å². The van der Waals surface area contributed by atoms with E-state index in [0.29, 0.717) is 18.0 Å². The topological polar surface area (TPSA) is 88.2 Å². The summed E-state index contributed by atoms with van der Waals surface area (Å²) in [7, 11) is 1.48. The molecule has 0 aliphatic carbocycles. The first-order valence-corrected chi connectivity index (χ1v) is 10.4. The lowest BCUT2D eigenvalue weighted by atomic mass is 10.1. The smallest absolute Gasteiger partial charge is 0.332 e. The Morgan fingerprint density at radius 2 is 1.75 bits per heavy atom. The predicted molar refractivity (Wildman–Crippen MR) is 117 cm³/mol. The van der Waals surface area contributed by atoms with E-state index in [-0.39, 0.29) is 25.3 Å². The van der Waals surface area contributed by atoms with Crippen molar-refractivity contribution in [3.8, 4) is 5.75 Å². The number of amides is 4. The van der Waals surface area contributed by atoms with Crippen LogP contribution in [0.5, 0.6) is 5.75 Å². The fourth-order valence-electron chi connectivity index (χ4n) is 3.35. The number of benzene rings is 2. The van der Waals surface area contributed by atoms with E-state index in [1.807, 2.05) is 6.92 Å². The minimum atomic E-state index is -0.991. The number of anilines is 2. The van der Waals surface area contributed by atoms with E-state index in [9.17, 15) is 18.8 Å². The molecule has 3 rings (SSSR count). The molecule has 1 N–H and O–H groups in total. The first-order valence-electron chi connectivity index (χ1n) is 10.4. The highest BCUT2D eigenvalue weighted by Crippen LogP contribution is 2.27. The molecule has 1 fully saturated rings. The molecule has 1 heterocycles. The Morgan fingerprint density at radius 1 is 1.06 bits per heavy atom. The van der Waals surface area contributed by atoms with Gasteiger partial charge in [0.25, 0.3) is 5.91 Å². The second kappa shape index (κ2) is 10.7. The number of nitrogens with zero attached hydrogens (tertiary/aromatic N) is 2. The average molecular weight is 443 g/mol. The van der Waals surface area contributed by atoms with Gasteiger partial charge in [-0.25, -0.2) is 14.1 Å². The van der Waals surface area contributed by atoms with Gasteiger partial charge in [0.2, 0.25) is 5.91 Å². The highest BCUT2D eigenvalue weighted by Gasteiger charge is 2.46. The minimum absolute atomic E-state index is 0.139. The molecule has 0 spiro atoms. The Kier molecular flexibility index (Phi) is 7.77. The Labute approximate surface area is 185 Å². The number of carbonyl (C=O) groups is 3. The van der Waals surface area contributed by atoms with E-state index in [1.54, 1.807) is 24.3 Å². The van der Waals surface area contributed by atoms with Gasteiger partial charge in [-0.15, -0.1) is 0 Å². The molecular weight excluding hydrogens is 417 g/mol. The van der Waals surface area contributed by atoms with E-state index < -0.39 is 29.7 Å². The van der Waals surface area contributed by atoms with Crippen LogP contribution in [-0.4, -0.2) is 55.7 Å². The standard InChI is InChI=1S/C23H26FN3O5/c1-3-13-32-19-10-6-17(7-11-19)25-21(28)15-20-22(29)27(18-8-4-16(24)5-9-18)23(30)26(20)12-14-31-2/h4-11,20H,3,12-15H2,1-2H3,(H,25,28). The van der Waals surface area contributed by atoms with Gasteiger partial charge >= 0.3 is 6.03 Å². The molecule has 1 atom stereocenters. The number of carbonyl (C=O) groups excluding carboxylic acids is 3. The van der Waals surface area contributed by atoms with Gasteiger partial charge in [0.1, 0.15) is 17.6 Å². The number of hydrogen-bond acceptors (Lipinski definition) is 5. The molecule has 1 unspecified atom stereocenters. The predicted octanol–water partition coefficient (Wildman–Crippen LogP) is 3.43. The third-order valence-electron chi connectivity index (χ3n) is 4.93. The van der Waals surface area contributed by atoms with Crippen molar-refractivity contribution in [2.45, 2.75) is 25.8 Å². The van der Waals surface area contributed by atoms with E-state index in [2.05, 4.69) is 5.32 Å². The quantitative estimate of drug-likeness (QED) is 0.569. The van der Waals surface area contributed by atoms with Crippen LogP contribution < -0.4 is 15.0 Å². The van der Waals surface area contributed by atoms with Crippen LogP contribution in [0.25, 0.3) is 0 Å². The summed E-state index contributed by atoms with van der Waals surface area (Å²) in [6.45, 7) is 2.95. The molecule has 8 nitrogen and oxygen atoms in total. The summed E-state index contributed by atoms with van der Waals surface area (Å²) >= 11 is 0. The molecule has 1 aliphatic rings. The number of methoxy groups -OCH3 is 1. The molecule has 4 amide bonds. The third kappa shape index (κ3) is 5.42. The van der Waals surface area contributed by atoms with Crippen LogP contribution >= 0.6 is 0 Å².